The van der Waals surface area contributed by atoms with Gasteiger partial charge in [-0.3, -0.25) is 4.79 Å². The summed E-state index contributed by atoms with van der Waals surface area (Å²) in [4.78, 5) is 11.8. The number of hydrogen-bond acceptors (Lipinski definition) is 3. The Morgan fingerprint density at radius 1 is 1.33 bits per heavy atom. The van der Waals surface area contributed by atoms with E-state index >= 15 is 0 Å². The summed E-state index contributed by atoms with van der Waals surface area (Å²) in [6.45, 7) is 4.80. The lowest BCUT2D eigenvalue weighted by Crippen LogP contribution is -2.27. The summed E-state index contributed by atoms with van der Waals surface area (Å²) >= 11 is 3.36. The molecule has 1 aromatic rings. The fourth-order valence-electron chi connectivity index (χ4n) is 1.71. The minimum Gasteiger partial charge on any atom is -0.461 e. The van der Waals surface area contributed by atoms with E-state index in [0.29, 0.717) is 19.1 Å². The molecule has 1 unspecified atom stereocenters. The van der Waals surface area contributed by atoms with Crippen LogP contribution in [0.1, 0.15) is 25.8 Å². The first-order valence-electron chi connectivity index (χ1n) is 6.14. The number of benzene rings is 1. The fraction of sp³-hybridized carbons (Fsp3) is 0.500. The zero-order valence-electron chi connectivity index (χ0n) is 10.9. The molecule has 0 aromatic heterocycles. The normalized spacial score (nSPS) is 12.5. The van der Waals surface area contributed by atoms with Gasteiger partial charge in [0.2, 0.25) is 0 Å². The molecule has 1 atom stereocenters. The van der Waals surface area contributed by atoms with Gasteiger partial charge in [0, 0.05) is 11.0 Å². The monoisotopic (exact) mass is 313 g/mol. The number of nitrogens with two attached hydrogens (primary N) is 1. The van der Waals surface area contributed by atoms with Crippen LogP contribution < -0.4 is 5.73 Å². The molecule has 0 aliphatic heterocycles. The summed E-state index contributed by atoms with van der Waals surface area (Å²) in [5.74, 6) is 0.0494. The van der Waals surface area contributed by atoms with Gasteiger partial charge < -0.3 is 10.5 Å². The molecule has 0 heterocycles. The molecule has 2 N–H and O–H groups in total. The summed E-state index contributed by atoms with van der Waals surface area (Å²) in [6.07, 6.45) is 0.773. The van der Waals surface area contributed by atoms with Crippen molar-refractivity contribution < 1.29 is 9.53 Å². The lowest BCUT2D eigenvalue weighted by molar-refractivity contribution is -0.150. The van der Waals surface area contributed by atoms with Crippen molar-refractivity contribution >= 4 is 21.9 Å². The van der Waals surface area contributed by atoms with Crippen LogP contribution in [0.25, 0.3) is 0 Å². The van der Waals surface area contributed by atoms with Gasteiger partial charge in [0.15, 0.2) is 0 Å². The molecule has 0 fully saturated rings. The number of carbonyl (C=O) groups excluding carboxylic acids is 1. The maximum Gasteiger partial charge on any atom is 0.310 e. The molecule has 0 bridgehead atoms. The highest BCUT2D eigenvalue weighted by Crippen LogP contribution is 2.15. The largest absolute Gasteiger partial charge is 0.461 e. The lowest BCUT2D eigenvalue weighted by atomic mass is 9.97. The molecule has 0 radical (unpaired) electrons. The summed E-state index contributed by atoms with van der Waals surface area (Å²) in [5, 5.41) is 0. The third kappa shape index (κ3) is 5.19. The van der Waals surface area contributed by atoms with E-state index in [0.717, 1.165) is 16.5 Å². The van der Waals surface area contributed by atoms with Crippen molar-refractivity contribution in [3.63, 3.8) is 0 Å². The van der Waals surface area contributed by atoms with Gasteiger partial charge >= 0.3 is 5.97 Å². The van der Waals surface area contributed by atoms with E-state index in [4.69, 9.17) is 10.5 Å². The standard InChI is InChI=1S/C14H20BrNO2/c1-10(2)7-12(8-16)14(17)18-9-11-3-5-13(15)6-4-11/h3-6,10,12H,7-9,16H2,1-2H3. The molecular formula is C14H20BrNO2. The van der Waals surface area contributed by atoms with Crippen molar-refractivity contribution in [3.05, 3.63) is 34.3 Å². The second-order valence-electron chi connectivity index (χ2n) is 4.80. The first-order chi connectivity index (χ1) is 8.52. The maximum absolute atomic E-state index is 11.8. The molecule has 0 aliphatic carbocycles. The summed E-state index contributed by atoms with van der Waals surface area (Å²) < 4.78 is 6.30. The number of esters is 1. The molecular weight excluding hydrogens is 294 g/mol. The van der Waals surface area contributed by atoms with E-state index in [1.807, 2.05) is 24.3 Å². The van der Waals surface area contributed by atoms with E-state index in [-0.39, 0.29) is 11.9 Å². The zero-order valence-corrected chi connectivity index (χ0v) is 12.4. The Morgan fingerprint density at radius 2 is 1.94 bits per heavy atom. The van der Waals surface area contributed by atoms with Gasteiger partial charge in [-0.2, -0.15) is 0 Å². The van der Waals surface area contributed by atoms with Gasteiger partial charge in [-0.05, 0) is 30.0 Å². The molecule has 0 spiro atoms. The SMILES string of the molecule is CC(C)CC(CN)C(=O)OCc1ccc(Br)cc1. The predicted octanol–water partition coefficient (Wildman–Crippen LogP) is 3.11. The number of ether oxygens (including phenoxy) is 1. The number of rotatable bonds is 6. The van der Waals surface area contributed by atoms with Crippen LogP contribution >= 0.6 is 15.9 Å². The fourth-order valence-corrected chi connectivity index (χ4v) is 1.97. The Labute approximate surface area is 117 Å². The van der Waals surface area contributed by atoms with E-state index < -0.39 is 0 Å². The van der Waals surface area contributed by atoms with Crippen LogP contribution in [0.4, 0.5) is 0 Å². The summed E-state index contributed by atoms with van der Waals surface area (Å²) in [6, 6.07) is 7.71. The molecule has 0 saturated carbocycles. The van der Waals surface area contributed by atoms with Crippen molar-refractivity contribution in [2.45, 2.75) is 26.9 Å². The van der Waals surface area contributed by atoms with Crippen LogP contribution in [0, 0.1) is 11.8 Å². The Balaban J connectivity index is 2.46. The third-order valence-electron chi connectivity index (χ3n) is 2.67. The van der Waals surface area contributed by atoms with Crippen molar-refractivity contribution in [3.8, 4) is 0 Å². The maximum atomic E-state index is 11.8. The predicted molar refractivity (Wildman–Crippen MR) is 75.9 cm³/mol. The lowest BCUT2D eigenvalue weighted by Gasteiger charge is -2.16. The molecule has 0 saturated heterocycles. The average Bonchev–Trinajstić information content (AvgIpc) is 2.34. The van der Waals surface area contributed by atoms with E-state index in [1.54, 1.807) is 0 Å². The molecule has 18 heavy (non-hydrogen) atoms. The van der Waals surface area contributed by atoms with E-state index in [9.17, 15) is 4.79 Å². The Morgan fingerprint density at radius 3 is 2.44 bits per heavy atom. The minimum atomic E-state index is -0.200. The van der Waals surface area contributed by atoms with Crippen LogP contribution in [0.5, 0.6) is 0 Å². The first-order valence-corrected chi connectivity index (χ1v) is 6.93. The second kappa shape index (κ2) is 7.54. The quantitative estimate of drug-likeness (QED) is 0.821. The van der Waals surface area contributed by atoms with Gasteiger partial charge in [0.05, 0.1) is 5.92 Å². The van der Waals surface area contributed by atoms with Crippen molar-refractivity contribution in [1.82, 2.24) is 0 Å². The number of hydrogen-bond donors (Lipinski definition) is 1. The topological polar surface area (TPSA) is 52.3 Å². The Hall–Kier alpha value is -0.870. The van der Waals surface area contributed by atoms with Gasteiger partial charge in [-0.15, -0.1) is 0 Å². The third-order valence-corrected chi connectivity index (χ3v) is 3.20. The van der Waals surface area contributed by atoms with Crippen LogP contribution in [0.3, 0.4) is 0 Å². The number of carbonyl (C=O) groups is 1. The average molecular weight is 314 g/mol. The minimum absolute atomic E-state index is 0.194. The second-order valence-corrected chi connectivity index (χ2v) is 5.71. The summed E-state index contributed by atoms with van der Waals surface area (Å²) in [5.41, 5.74) is 6.58. The highest BCUT2D eigenvalue weighted by molar-refractivity contribution is 9.10. The first kappa shape index (κ1) is 15.2. The highest BCUT2D eigenvalue weighted by Gasteiger charge is 2.19. The van der Waals surface area contributed by atoms with Gasteiger partial charge in [0.25, 0.3) is 0 Å². The molecule has 0 amide bonds. The van der Waals surface area contributed by atoms with Crippen LogP contribution in [-0.4, -0.2) is 12.5 Å². The van der Waals surface area contributed by atoms with Crippen molar-refractivity contribution in [2.75, 3.05) is 6.54 Å². The van der Waals surface area contributed by atoms with Gasteiger partial charge in [0.1, 0.15) is 6.61 Å². The molecule has 3 nitrogen and oxygen atoms in total. The van der Waals surface area contributed by atoms with Crippen molar-refractivity contribution in [1.29, 1.82) is 0 Å². The van der Waals surface area contributed by atoms with Gasteiger partial charge in [-0.25, -0.2) is 0 Å². The van der Waals surface area contributed by atoms with Crippen molar-refractivity contribution in [2.24, 2.45) is 17.6 Å². The molecule has 1 aromatic carbocycles. The molecule has 1 rings (SSSR count). The van der Waals surface area contributed by atoms with E-state index in [2.05, 4.69) is 29.8 Å². The van der Waals surface area contributed by atoms with Gasteiger partial charge in [-0.1, -0.05) is 41.9 Å². The number of halogens is 1. The van der Waals surface area contributed by atoms with Crippen LogP contribution in [-0.2, 0) is 16.1 Å². The summed E-state index contributed by atoms with van der Waals surface area (Å²) in [7, 11) is 0. The molecule has 4 heteroatoms. The van der Waals surface area contributed by atoms with Crippen LogP contribution in [0.2, 0.25) is 0 Å². The molecule has 0 aliphatic rings. The zero-order chi connectivity index (χ0) is 13.5. The molecule has 100 valence electrons. The Bertz CT molecular complexity index is 376. The highest BCUT2D eigenvalue weighted by atomic mass is 79.9. The van der Waals surface area contributed by atoms with Crippen LogP contribution in [0.15, 0.2) is 28.7 Å². The Kier molecular flexibility index (Phi) is 6.36. The smallest absolute Gasteiger partial charge is 0.310 e. The van der Waals surface area contributed by atoms with E-state index in [1.165, 1.54) is 0 Å².